The Morgan fingerprint density at radius 2 is 2.04 bits per heavy atom. The number of carboxylic acid groups (broad SMARTS) is 1. The quantitative estimate of drug-likeness (QED) is 0.850. The van der Waals surface area contributed by atoms with Crippen molar-refractivity contribution in [2.24, 2.45) is 5.16 Å². The molecule has 6 nitrogen and oxygen atoms in total. The maximum absolute atomic E-state index is 11.9. The Kier molecular flexibility index (Phi) is 5.13. The van der Waals surface area contributed by atoms with Gasteiger partial charge in [-0.15, -0.1) is 0 Å². The third kappa shape index (κ3) is 3.67. The van der Waals surface area contributed by atoms with Crippen LogP contribution >= 0.6 is 0 Å². The third-order valence-electron chi connectivity index (χ3n) is 4.22. The van der Waals surface area contributed by atoms with Gasteiger partial charge in [-0.1, -0.05) is 41.6 Å². The summed E-state index contributed by atoms with van der Waals surface area (Å²) in [6.45, 7) is 3.15. The second-order valence-electron chi connectivity index (χ2n) is 6.10. The van der Waals surface area contributed by atoms with E-state index in [1.807, 2.05) is 43.3 Å². The summed E-state index contributed by atoms with van der Waals surface area (Å²) < 4.78 is 21.8. The molecule has 0 saturated heterocycles. The van der Waals surface area contributed by atoms with Gasteiger partial charge in [0.15, 0.2) is 14.6 Å². The monoisotopic (exact) mass is 351 g/mol. The highest BCUT2D eigenvalue weighted by atomic mass is 32.2. The van der Waals surface area contributed by atoms with Crippen molar-refractivity contribution in [2.75, 3.05) is 6.26 Å². The lowest BCUT2D eigenvalue weighted by Gasteiger charge is -2.24. The average Bonchev–Trinajstić information content (AvgIpc) is 2.95. The molecule has 1 aromatic rings. The van der Waals surface area contributed by atoms with E-state index in [0.717, 1.165) is 17.4 Å². The van der Waals surface area contributed by atoms with Crippen molar-refractivity contribution in [3.8, 4) is 0 Å². The first-order valence-electron chi connectivity index (χ1n) is 7.56. The average molecular weight is 351 g/mol. The number of sulfone groups is 1. The largest absolute Gasteiger partial charge is 0.480 e. The van der Waals surface area contributed by atoms with Crippen LogP contribution in [0.2, 0.25) is 0 Å². The van der Waals surface area contributed by atoms with Gasteiger partial charge in [-0.05, 0) is 25.0 Å². The normalized spacial score (nSPS) is 20.5. The van der Waals surface area contributed by atoms with E-state index in [0.29, 0.717) is 12.1 Å². The fourth-order valence-corrected chi connectivity index (χ4v) is 3.32. The molecule has 0 aliphatic carbocycles. The Balaban J connectivity index is 2.10. The molecule has 0 unspecified atom stereocenters. The number of carbonyl (C=O) groups is 1. The first-order valence-corrected chi connectivity index (χ1v) is 9.45. The Morgan fingerprint density at radius 3 is 2.54 bits per heavy atom. The maximum atomic E-state index is 11.9. The topological polar surface area (TPSA) is 93.0 Å². The molecule has 1 aromatic carbocycles. The van der Waals surface area contributed by atoms with E-state index in [1.165, 1.54) is 6.92 Å². The smallest absolute Gasteiger partial charge is 0.324 e. The van der Waals surface area contributed by atoms with E-state index < -0.39 is 26.7 Å². The van der Waals surface area contributed by atoms with Crippen molar-refractivity contribution in [1.82, 2.24) is 0 Å². The summed E-state index contributed by atoms with van der Waals surface area (Å²) in [6, 6.07) is 7.71. The Labute approximate surface area is 141 Å². The van der Waals surface area contributed by atoms with Crippen LogP contribution in [0.1, 0.15) is 37.8 Å². The van der Waals surface area contributed by atoms with Crippen molar-refractivity contribution in [1.29, 1.82) is 0 Å². The second kappa shape index (κ2) is 6.76. The molecular weight excluding hydrogens is 330 g/mol. The summed E-state index contributed by atoms with van der Waals surface area (Å²) in [7, 11) is -3.78. The number of carboxylic acids is 1. The first-order chi connectivity index (χ1) is 11.2. The summed E-state index contributed by atoms with van der Waals surface area (Å²) in [6.07, 6.45) is 4.50. The van der Waals surface area contributed by atoms with Crippen LogP contribution in [0.15, 0.2) is 35.5 Å². The standard InChI is InChI=1S/C17H21NO5S/c1-4-5-12-6-8-13(9-7-12)15-10-14(23-18-15)11-17(2,16(19)20)24(3,21)22/h4-9,14H,10-11H2,1-3H3,(H,19,20)/t14-,17-/m1/s1. The zero-order chi connectivity index (χ0) is 18.0. The molecule has 2 atom stereocenters. The van der Waals surface area contributed by atoms with E-state index in [-0.39, 0.29) is 6.42 Å². The van der Waals surface area contributed by atoms with Gasteiger partial charge in [0.1, 0.15) is 6.10 Å². The predicted octanol–water partition coefficient (Wildman–Crippen LogP) is 2.49. The molecule has 0 radical (unpaired) electrons. The summed E-state index contributed by atoms with van der Waals surface area (Å²) >= 11 is 0. The molecule has 0 saturated carbocycles. The van der Waals surface area contributed by atoms with Crippen molar-refractivity contribution in [2.45, 2.75) is 37.5 Å². The minimum atomic E-state index is -3.78. The van der Waals surface area contributed by atoms with Crippen molar-refractivity contribution in [3.63, 3.8) is 0 Å². The van der Waals surface area contributed by atoms with E-state index >= 15 is 0 Å². The fraction of sp³-hybridized carbons (Fsp3) is 0.412. The molecule has 0 aromatic heterocycles. The van der Waals surface area contributed by atoms with E-state index in [4.69, 9.17) is 4.84 Å². The van der Waals surface area contributed by atoms with Crippen LogP contribution in [0.4, 0.5) is 0 Å². The summed E-state index contributed by atoms with van der Waals surface area (Å²) in [5, 5.41) is 13.3. The number of aliphatic carboxylic acids is 1. The molecule has 1 N–H and O–H groups in total. The van der Waals surface area contributed by atoms with Crippen LogP contribution in [-0.4, -0.2) is 42.3 Å². The molecule has 24 heavy (non-hydrogen) atoms. The number of oxime groups is 1. The minimum Gasteiger partial charge on any atom is -0.480 e. The highest BCUT2D eigenvalue weighted by Crippen LogP contribution is 2.29. The molecule has 1 aliphatic rings. The van der Waals surface area contributed by atoms with E-state index in [9.17, 15) is 18.3 Å². The SMILES string of the molecule is CC=Cc1ccc(C2=NO[C@@H](C[C@](C)(C(=O)O)S(C)(=O)=O)C2)cc1. The molecule has 0 amide bonds. The lowest BCUT2D eigenvalue weighted by molar-refractivity contribution is -0.140. The van der Waals surface area contributed by atoms with Gasteiger partial charge in [-0.3, -0.25) is 4.79 Å². The van der Waals surface area contributed by atoms with Crippen LogP contribution < -0.4 is 0 Å². The molecule has 0 bridgehead atoms. The Morgan fingerprint density at radius 1 is 1.42 bits per heavy atom. The minimum absolute atomic E-state index is 0.148. The van der Waals surface area contributed by atoms with Gasteiger partial charge < -0.3 is 9.94 Å². The van der Waals surface area contributed by atoms with Crippen LogP contribution in [-0.2, 0) is 19.5 Å². The van der Waals surface area contributed by atoms with Gasteiger partial charge in [0.05, 0.1) is 5.71 Å². The number of hydrogen-bond donors (Lipinski definition) is 1. The van der Waals surface area contributed by atoms with Crippen LogP contribution in [0.25, 0.3) is 6.08 Å². The number of benzene rings is 1. The zero-order valence-electron chi connectivity index (χ0n) is 13.9. The van der Waals surface area contributed by atoms with Gasteiger partial charge in [0.25, 0.3) is 0 Å². The molecule has 2 rings (SSSR count). The maximum Gasteiger partial charge on any atom is 0.324 e. The molecule has 1 aliphatic heterocycles. The summed E-state index contributed by atoms with van der Waals surface area (Å²) in [4.78, 5) is 16.7. The first kappa shape index (κ1) is 18.2. The molecule has 1 heterocycles. The predicted molar refractivity (Wildman–Crippen MR) is 92.7 cm³/mol. The van der Waals surface area contributed by atoms with Crippen molar-refractivity contribution in [3.05, 3.63) is 41.5 Å². The number of nitrogens with zero attached hydrogens (tertiary/aromatic N) is 1. The summed E-state index contributed by atoms with van der Waals surface area (Å²) in [5.41, 5.74) is 2.63. The van der Waals surface area contributed by atoms with Gasteiger partial charge >= 0.3 is 5.97 Å². The number of hydrogen-bond acceptors (Lipinski definition) is 5. The summed E-state index contributed by atoms with van der Waals surface area (Å²) in [5.74, 6) is -1.38. The second-order valence-corrected chi connectivity index (χ2v) is 8.55. The molecular formula is C17H21NO5S. The van der Waals surface area contributed by atoms with Crippen LogP contribution in [0.5, 0.6) is 0 Å². The highest BCUT2D eigenvalue weighted by Gasteiger charge is 2.47. The fourth-order valence-electron chi connectivity index (χ4n) is 2.52. The van der Waals surface area contributed by atoms with E-state index in [2.05, 4.69) is 5.16 Å². The van der Waals surface area contributed by atoms with Crippen molar-refractivity contribution < 1.29 is 23.2 Å². The zero-order valence-corrected chi connectivity index (χ0v) is 14.7. The Hall–Kier alpha value is -2.15. The number of allylic oxidation sites excluding steroid dienone is 1. The van der Waals surface area contributed by atoms with Gasteiger partial charge in [0.2, 0.25) is 0 Å². The van der Waals surface area contributed by atoms with Gasteiger partial charge in [-0.25, -0.2) is 8.42 Å². The number of rotatable bonds is 6. The van der Waals surface area contributed by atoms with Crippen molar-refractivity contribution >= 4 is 27.6 Å². The van der Waals surface area contributed by atoms with E-state index in [1.54, 1.807) is 0 Å². The molecule has 0 spiro atoms. The highest BCUT2D eigenvalue weighted by molar-refractivity contribution is 7.92. The molecule has 7 heteroatoms. The lowest BCUT2D eigenvalue weighted by atomic mass is 9.97. The van der Waals surface area contributed by atoms with Gasteiger partial charge in [-0.2, -0.15) is 0 Å². The Bertz CT molecular complexity index is 780. The van der Waals surface area contributed by atoms with Gasteiger partial charge in [0, 0.05) is 19.1 Å². The van der Waals surface area contributed by atoms with Crippen LogP contribution in [0, 0.1) is 0 Å². The lowest BCUT2D eigenvalue weighted by Crippen LogP contribution is -2.45. The molecule has 130 valence electrons. The van der Waals surface area contributed by atoms with Crippen LogP contribution in [0.3, 0.4) is 0 Å². The third-order valence-corrected chi connectivity index (χ3v) is 6.20. The molecule has 0 fully saturated rings.